The first kappa shape index (κ1) is 12.2. The summed E-state index contributed by atoms with van der Waals surface area (Å²) < 4.78 is 4.97. The molecule has 6 nitrogen and oxygen atoms in total. The molecule has 17 heavy (non-hydrogen) atoms. The number of carbonyl (C=O) groups excluding carboxylic acids is 1. The molecule has 0 spiro atoms. The first-order valence-electron chi connectivity index (χ1n) is 5.27. The van der Waals surface area contributed by atoms with Crippen molar-refractivity contribution in [2.75, 3.05) is 23.9 Å². The molecular formula is C10H13BrN4O2. The number of alkyl halides is 1. The molecule has 1 aromatic heterocycles. The van der Waals surface area contributed by atoms with Crippen LogP contribution in [0.5, 0.6) is 6.01 Å². The molecule has 7 heteroatoms. The van der Waals surface area contributed by atoms with Crippen molar-refractivity contribution in [3.05, 3.63) is 5.82 Å². The van der Waals surface area contributed by atoms with Crippen LogP contribution in [-0.4, -0.2) is 39.8 Å². The van der Waals surface area contributed by atoms with Crippen molar-refractivity contribution in [2.24, 2.45) is 5.92 Å². The summed E-state index contributed by atoms with van der Waals surface area (Å²) in [6, 6.07) is 0.239. The van der Waals surface area contributed by atoms with Crippen LogP contribution in [0.4, 0.5) is 5.95 Å². The normalized spacial score (nSPS) is 19.8. The van der Waals surface area contributed by atoms with Gasteiger partial charge in [-0.1, -0.05) is 15.9 Å². The van der Waals surface area contributed by atoms with Crippen LogP contribution in [0.2, 0.25) is 0 Å². The van der Waals surface area contributed by atoms with Crippen LogP contribution in [0.15, 0.2) is 0 Å². The van der Waals surface area contributed by atoms with E-state index in [1.165, 1.54) is 7.11 Å². The van der Waals surface area contributed by atoms with Crippen molar-refractivity contribution >= 4 is 27.8 Å². The Kier molecular flexibility index (Phi) is 3.56. The minimum atomic E-state index is 0.0436. The summed E-state index contributed by atoms with van der Waals surface area (Å²) in [6.07, 6.45) is 0.526. The maximum Gasteiger partial charge on any atom is 0.321 e. The number of methoxy groups -OCH3 is 1. The number of rotatable bonds is 3. The number of hydrogen-bond acceptors (Lipinski definition) is 5. The van der Waals surface area contributed by atoms with E-state index >= 15 is 0 Å². The molecular weight excluding hydrogens is 288 g/mol. The molecule has 0 radical (unpaired) electrons. The smallest absolute Gasteiger partial charge is 0.321 e. The lowest BCUT2D eigenvalue weighted by molar-refractivity contribution is -0.117. The van der Waals surface area contributed by atoms with Gasteiger partial charge in [-0.15, -0.1) is 0 Å². The Balaban J connectivity index is 2.28. The van der Waals surface area contributed by atoms with E-state index in [4.69, 9.17) is 4.74 Å². The number of nitrogens with zero attached hydrogens (tertiary/aromatic N) is 4. The molecule has 92 valence electrons. The van der Waals surface area contributed by atoms with Crippen molar-refractivity contribution in [1.82, 2.24) is 15.0 Å². The van der Waals surface area contributed by atoms with Gasteiger partial charge < -0.3 is 4.74 Å². The molecule has 1 amide bonds. The van der Waals surface area contributed by atoms with E-state index in [9.17, 15) is 4.79 Å². The molecule has 0 aromatic carbocycles. The Bertz CT molecular complexity index is 440. The van der Waals surface area contributed by atoms with E-state index in [0.717, 1.165) is 5.33 Å². The quantitative estimate of drug-likeness (QED) is 0.777. The van der Waals surface area contributed by atoms with E-state index in [1.807, 2.05) is 0 Å². The standard InChI is InChI=1S/C10H13BrN4O2/c1-6-12-9(14-10(13-6)17-2)15-5-7(4-11)3-8(15)16/h7H,3-5H2,1-2H3. The molecule has 1 fully saturated rings. The van der Waals surface area contributed by atoms with Gasteiger partial charge in [0.2, 0.25) is 11.9 Å². The molecule has 0 aliphatic carbocycles. The minimum absolute atomic E-state index is 0.0436. The summed E-state index contributed by atoms with van der Waals surface area (Å²) in [5.74, 6) is 1.28. The summed E-state index contributed by atoms with van der Waals surface area (Å²) in [6.45, 7) is 2.38. The van der Waals surface area contributed by atoms with Crippen molar-refractivity contribution in [3.8, 4) is 6.01 Å². The molecule has 1 unspecified atom stereocenters. The predicted molar refractivity (Wildman–Crippen MR) is 65.4 cm³/mol. The fourth-order valence-corrected chi connectivity index (χ4v) is 2.17. The lowest BCUT2D eigenvalue weighted by atomic mass is 10.2. The molecule has 0 saturated carbocycles. The highest BCUT2D eigenvalue weighted by atomic mass is 79.9. The van der Waals surface area contributed by atoms with Gasteiger partial charge >= 0.3 is 6.01 Å². The first-order chi connectivity index (χ1) is 8.13. The van der Waals surface area contributed by atoms with Gasteiger partial charge in [-0.3, -0.25) is 9.69 Å². The highest BCUT2D eigenvalue weighted by Crippen LogP contribution is 2.24. The van der Waals surface area contributed by atoms with Crippen LogP contribution >= 0.6 is 15.9 Å². The van der Waals surface area contributed by atoms with Gasteiger partial charge in [0.05, 0.1) is 7.11 Å². The predicted octanol–water partition coefficient (Wildman–Crippen LogP) is 0.936. The van der Waals surface area contributed by atoms with Crippen LogP contribution in [0, 0.1) is 12.8 Å². The van der Waals surface area contributed by atoms with Crippen molar-refractivity contribution in [1.29, 1.82) is 0 Å². The minimum Gasteiger partial charge on any atom is -0.467 e. The molecule has 1 aromatic rings. The number of aromatic nitrogens is 3. The van der Waals surface area contributed by atoms with Gasteiger partial charge in [0.25, 0.3) is 0 Å². The van der Waals surface area contributed by atoms with Gasteiger partial charge in [-0.2, -0.15) is 15.0 Å². The highest BCUT2D eigenvalue weighted by molar-refractivity contribution is 9.09. The van der Waals surface area contributed by atoms with Crippen LogP contribution in [-0.2, 0) is 4.79 Å². The van der Waals surface area contributed by atoms with E-state index in [0.29, 0.717) is 30.7 Å². The van der Waals surface area contributed by atoms with E-state index in [2.05, 4.69) is 30.9 Å². The molecule has 2 rings (SSSR count). The second-order valence-electron chi connectivity index (χ2n) is 3.90. The van der Waals surface area contributed by atoms with Crippen LogP contribution in [0.3, 0.4) is 0 Å². The average molecular weight is 301 g/mol. The monoisotopic (exact) mass is 300 g/mol. The number of aryl methyl sites for hydroxylation is 1. The molecule has 0 bridgehead atoms. The maximum atomic E-state index is 11.8. The third-order valence-corrected chi connectivity index (χ3v) is 3.48. The summed E-state index contributed by atoms with van der Waals surface area (Å²) in [7, 11) is 1.49. The largest absolute Gasteiger partial charge is 0.467 e. The van der Waals surface area contributed by atoms with Crippen molar-refractivity contribution < 1.29 is 9.53 Å². The Morgan fingerprint density at radius 1 is 1.47 bits per heavy atom. The lowest BCUT2D eigenvalue weighted by Gasteiger charge is -2.14. The third kappa shape index (κ3) is 2.54. The summed E-state index contributed by atoms with van der Waals surface area (Å²) in [5.41, 5.74) is 0. The second kappa shape index (κ2) is 4.95. The molecule has 0 N–H and O–H groups in total. The average Bonchev–Trinajstić information content (AvgIpc) is 2.69. The van der Waals surface area contributed by atoms with Crippen molar-refractivity contribution in [2.45, 2.75) is 13.3 Å². The second-order valence-corrected chi connectivity index (χ2v) is 4.55. The first-order valence-corrected chi connectivity index (χ1v) is 6.39. The maximum absolute atomic E-state index is 11.8. The Hall–Kier alpha value is -1.24. The molecule has 1 atom stereocenters. The number of halogens is 1. The zero-order valence-corrected chi connectivity index (χ0v) is 11.3. The summed E-state index contributed by atoms with van der Waals surface area (Å²) in [4.78, 5) is 25.7. The number of anilines is 1. The highest BCUT2D eigenvalue weighted by Gasteiger charge is 2.32. The van der Waals surface area contributed by atoms with Gasteiger partial charge in [-0.05, 0) is 12.8 Å². The van der Waals surface area contributed by atoms with Gasteiger partial charge in [0.15, 0.2) is 0 Å². The summed E-state index contributed by atoms with van der Waals surface area (Å²) >= 11 is 3.39. The van der Waals surface area contributed by atoms with E-state index < -0.39 is 0 Å². The Morgan fingerprint density at radius 2 is 2.24 bits per heavy atom. The molecule has 1 aliphatic heterocycles. The fourth-order valence-electron chi connectivity index (χ4n) is 1.73. The molecule has 1 saturated heterocycles. The molecule has 2 heterocycles. The van der Waals surface area contributed by atoms with Crippen molar-refractivity contribution in [3.63, 3.8) is 0 Å². The Morgan fingerprint density at radius 3 is 2.82 bits per heavy atom. The Labute approximate surface area is 108 Å². The topological polar surface area (TPSA) is 68.2 Å². The third-order valence-electron chi connectivity index (χ3n) is 2.56. The number of amides is 1. The van der Waals surface area contributed by atoms with E-state index in [1.54, 1.807) is 11.8 Å². The van der Waals surface area contributed by atoms with E-state index in [-0.39, 0.29) is 11.9 Å². The SMILES string of the molecule is COc1nc(C)nc(N2CC(CBr)CC2=O)n1. The summed E-state index contributed by atoms with van der Waals surface area (Å²) in [5, 5.41) is 0.802. The molecule has 1 aliphatic rings. The number of carbonyl (C=O) groups is 1. The van der Waals surface area contributed by atoms with Crippen LogP contribution < -0.4 is 9.64 Å². The lowest BCUT2D eigenvalue weighted by Crippen LogP contribution is -2.27. The zero-order valence-electron chi connectivity index (χ0n) is 9.68. The van der Waals surface area contributed by atoms with Crippen LogP contribution in [0.25, 0.3) is 0 Å². The van der Waals surface area contributed by atoms with Crippen LogP contribution in [0.1, 0.15) is 12.2 Å². The fraction of sp³-hybridized carbons (Fsp3) is 0.600. The number of ether oxygens (including phenoxy) is 1. The van der Waals surface area contributed by atoms with Gasteiger partial charge in [0.1, 0.15) is 5.82 Å². The van der Waals surface area contributed by atoms with Gasteiger partial charge in [-0.25, -0.2) is 0 Å². The number of hydrogen-bond donors (Lipinski definition) is 0. The zero-order chi connectivity index (χ0) is 12.4. The van der Waals surface area contributed by atoms with Gasteiger partial charge in [0, 0.05) is 18.3 Å².